The zero-order valence-corrected chi connectivity index (χ0v) is 21.2. The van der Waals surface area contributed by atoms with E-state index in [4.69, 9.17) is 0 Å². The quantitative estimate of drug-likeness (QED) is 0.154. The molecule has 0 saturated carbocycles. The lowest BCUT2D eigenvalue weighted by Crippen LogP contribution is -2.27. The highest BCUT2D eigenvalue weighted by atomic mass is 79.9. The van der Waals surface area contributed by atoms with Crippen molar-refractivity contribution in [3.05, 3.63) is 94.7 Å². The molecule has 1 heterocycles. The Bertz CT molecular complexity index is 1310. The second-order valence-electron chi connectivity index (χ2n) is 7.49. The van der Waals surface area contributed by atoms with Gasteiger partial charge >= 0.3 is 0 Å². The Hall–Kier alpha value is -3.63. The van der Waals surface area contributed by atoms with Gasteiger partial charge in [-0.05, 0) is 49.4 Å². The number of hydrogen-bond donors (Lipinski definition) is 3. The highest BCUT2D eigenvalue weighted by Crippen LogP contribution is 2.26. The Morgan fingerprint density at radius 2 is 1.83 bits per heavy atom. The molecule has 0 bridgehead atoms. The molecule has 3 aromatic carbocycles. The van der Waals surface area contributed by atoms with Gasteiger partial charge in [0.25, 0.3) is 5.91 Å². The topological polar surface area (TPSA) is 104 Å². The van der Waals surface area contributed by atoms with Gasteiger partial charge in [0, 0.05) is 21.4 Å². The fourth-order valence-electron chi connectivity index (χ4n) is 3.16. The summed E-state index contributed by atoms with van der Waals surface area (Å²) in [6.07, 6.45) is 1.40. The predicted octanol–water partition coefficient (Wildman–Crippen LogP) is 4.98. The third kappa shape index (κ3) is 6.49. The maximum absolute atomic E-state index is 12.7. The summed E-state index contributed by atoms with van der Waals surface area (Å²) < 4.78 is 2.73. The van der Waals surface area contributed by atoms with Crippen molar-refractivity contribution in [1.82, 2.24) is 20.2 Å². The molecular formula is C25H23BrN6O2S. The number of phenolic OH excluding ortho intramolecular Hbond substituents is 1. The number of para-hydroxylation sites is 2. The van der Waals surface area contributed by atoms with Crippen LogP contribution in [0, 0.1) is 0 Å². The van der Waals surface area contributed by atoms with E-state index in [2.05, 4.69) is 42.0 Å². The number of anilines is 1. The van der Waals surface area contributed by atoms with Gasteiger partial charge in [-0.25, -0.2) is 5.43 Å². The molecule has 1 atom stereocenters. The van der Waals surface area contributed by atoms with E-state index in [1.807, 2.05) is 65.2 Å². The first-order chi connectivity index (χ1) is 17.0. The second-order valence-corrected chi connectivity index (χ2v) is 9.71. The van der Waals surface area contributed by atoms with Gasteiger partial charge in [0.15, 0.2) is 11.0 Å². The standard InChI is InChI=1S/C25H23BrN6O2S/c1-17(24(34)30-28-15-18-14-19(26)12-13-22(18)33)35-25-31-29-23(16-27-20-8-4-2-5-9-20)32(25)21-10-6-3-7-11-21/h2-15,17,27,33H,16H2,1H3,(H,30,34)/b28-15+. The van der Waals surface area contributed by atoms with Crippen molar-refractivity contribution >= 4 is 45.5 Å². The Kier molecular flexibility index (Phi) is 8.17. The number of nitrogens with zero attached hydrogens (tertiary/aromatic N) is 4. The zero-order chi connectivity index (χ0) is 24.6. The average molecular weight is 551 g/mol. The van der Waals surface area contributed by atoms with E-state index in [9.17, 15) is 9.90 Å². The largest absolute Gasteiger partial charge is 0.507 e. The third-order valence-corrected chi connectivity index (χ3v) is 6.49. The van der Waals surface area contributed by atoms with Crippen molar-refractivity contribution in [3.63, 3.8) is 0 Å². The number of amides is 1. The number of aromatic nitrogens is 3. The normalized spacial score (nSPS) is 11.9. The van der Waals surface area contributed by atoms with Crippen LogP contribution in [-0.2, 0) is 11.3 Å². The van der Waals surface area contributed by atoms with E-state index < -0.39 is 5.25 Å². The molecule has 1 amide bonds. The molecule has 0 radical (unpaired) electrons. The predicted molar refractivity (Wildman–Crippen MR) is 142 cm³/mol. The summed E-state index contributed by atoms with van der Waals surface area (Å²) in [7, 11) is 0. The lowest BCUT2D eigenvalue weighted by atomic mass is 10.2. The summed E-state index contributed by atoms with van der Waals surface area (Å²) in [5.41, 5.74) is 4.89. The molecular weight excluding hydrogens is 528 g/mol. The van der Waals surface area contributed by atoms with Crippen LogP contribution in [0.25, 0.3) is 5.69 Å². The molecule has 10 heteroatoms. The van der Waals surface area contributed by atoms with E-state index in [0.29, 0.717) is 17.3 Å². The average Bonchev–Trinajstić information content (AvgIpc) is 3.28. The van der Waals surface area contributed by atoms with Gasteiger partial charge in [-0.2, -0.15) is 5.10 Å². The van der Waals surface area contributed by atoms with E-state index in [0.717, 1.165) is 21.7 Å². The minimum Gasteiger partial charge on any atom is -0.507 e. The van der Waals surface area contributed by atoms with Crippen LogP contribution >= 0.6 is 27.7 Å². The Morgan fingerprint density at radius 3 is 2.57 bits per heavy atom. The van der Waals surface area contributed by atoms with Crippen molar-refractivity contribution in [2.24, 2.45) is 5.10 Å². The van der Waals surface area contributed by atoms with Gasteiger partial charge in [0.2, 0.25) is 0 Å². The summed E-state index contributed by atoms with van der Waals surface area (Å²) in [5, 5.41) is 26.1. The van der Waals surface area contributed by atoms with E-state index in [-0.39, 0.29) is 11.7 Å². The molecule has 0 saturated heterocycles. The summed E-state index contributed by atoms with van der Waals surface area (Å²) >= 11 is 4.63. The highest BCUT2D eigenvalue weighted by Gasteiger charge is 2.21. The summed E-state index contributed by atoms with van der Waals surface area (Å²) in [6.45, 7) is 2.24. The smallest absolute Gasteiger partial charge is 0.253 e. The van der Waals surface area contributed by atoms with E-state index in [1.165, 1.54) is 18.0 Å². The number of halogens is 1. The Balaban J connectivity index is 1.47. The van der Waals surface area contributed by atoms with Crippen molar-refractivity contribution < 1.29 is 9.90 Å². The molecule has 0 aliphatic rings. The van der Waals surface area contributed by atoms with Gasteiger partial charge in [-0.15, -0.1) is 10.2 Å². The van der Waals surface area contributed by atoms with Crippen LogP contribution in [0.2, 0.25) is 0 Å². The first kappa shape index (κ1) is 24.5. The summed E-state index contributed by atoms with van der Waals surface area (Å²) in [6, 6.07) is 24.6. The zero-order valence-electron chi connectivity index (χ0n) is 18.8. The fraction of sp³-hybridized carbons (Fsp3) is 0.120. The van der Waals surface area contributed by atoms with Crippen molar-refractivity contribution in [1.29, 1.82) is 0 Å². The van der Waals surface area contributed by atoms with Gasteiger partial charge in [0.1, 0.15) is 5.75 Å². The number of hydrazone groups is 1. The molecule has 1 aromatic heterocycles. The minimum absolute atomic E-state index is 0.0706. The van der Waals surface area contributed by atoms with Crippen LogP contribution < -0.4 is 10.7 Å². The monoisotopic (exact) mass is 550 g/mol. The third-order valence-electron chi connectivity index (χ3n) is 4.96. The number of aromatic hydroxyl groups is 1. The van der Waals surface area contributed by atoms with Crippen LogP contribution in [0.5, 0.6) is 5.75 Å². The molecule has 178 valence electrons. The first-order valence-corrected chi connectivity index (χ1v) is 12.5. The van der Waals surface area contributed by atoms with E-state index >= 15 is 0 Å². The van der Waals surface area contributed by atoms with Gasteiger partial charge in [-0.3, -0.25) is 9.36 Å². The van der Waals surface area contributed by atoms with E-state index in [1.54, 1.807) is 25.1 Å². The van der Waals surface area contributed by atoms with Crippen LogP contribution in [-0.4, -0.2) is 37.2 Å². The number of nitrogens with one attached hydrogen (secondary N) is 2. The minimum atomic E-state index is -0.496. The fourth-order valence-corrected chi connectivity index (χ4v) is 4.42. The molecule has 35 heavy (non-hydrogen) atoms. The summed E-state index contributed by atoms with van der Waals surface area (Å²) in [5.74, 6) is 0.492. The highest BCUT2D eigenvalue weighted by molar-refractivity contribution is 9.10. The number of thioether (sulfide) groups is 1. The molecule has 4 rings (SSSR count). The number of phenols is 1. The maximum Gasteiger partial charge on any atom is 0.253 e. The first-order valence-electron chi connectivity index (χ1n) is 10.8. The molecule has 0 fully saturated rings. The summed E-state index contributed by atoms with van der Waals surface area (Å²) in [4.78, 5) is 12.7. The maximum atomic E-state index is 12.7. The number of rotatable bonds is 9. The van der Waals surface area contributed by atoms with Crippen LogP contribution in [0.15, 0.2) is 93.6 Å². The molecule has 1 unspecified atom stereocenters. The molecule has 0 aliphatic heterocycles. The lowest BCUT2D eigenvalue weighted by molar-refractivity contribution is -0.120. The molecule has 0 aliphatic carbocycles. The van der Waals surface area contributed by atoms with Gasteiger partial charge < -0.3 is 10.4 Å². The number of carbonyl (C=O) groups excluding carboxylic acids is 1. The number of benzene rings is 3. The Labute approximate surface area is 215 Å². The van der Waals surface area contributed by atoms with Crippen molar-refractivity contribution in [2.45, 2.75) is 23.9 Å². The van der Waals surface area contributed by atoms with Crippen molar-refractivity contribution in [2.75, 3.05) is 5.32 Å². The molecule has 8 nitrogen and oxygen atoms in total. The number of hydrogen-bond acceptors (Lipinski definition) is 7. The number of carbonyl (C=O) groups is 1. The van der Waals surface area contributed by atoms with Gasteiger partial charge in [-0.1, -0.05) is 64.1 Å². The molecule has 0 spiro atoms. The lowest BCUT2D eigenvalue weighted by Gasteiger charge is -2.13. The van der Waals surface area contributed by atoms with Crippen LogP contribution in [0.1, 0.15) is 18.3 Å². The van der Waals surface area contributed by atoms with Crippen molar-refractivity contribution in [3.8, 4) is 11.4 Å². The van der Waals surface area contributed by atoms with Crippen LogP contribution in [0.3, 0.4) is 0 Å². The SMILES string of the molecule is CC(Sc1nnc(CNc2ccccc2)n1-c1ccccc1)C(=O)N/N=C/c1cc(Br)ccc1O. The van der Waals surface area contributed by atoms with Gasteiger partial charge in [0.05, 0.1) is 18.0 Å². The molecule has 4 aromatic rings. The Morgan fingerprint density at radius 1 is 1.11 bits per heavy atom. The second kappa shape index (κ2) is 11.7. The van der Waals surface area contributed by atoms with Crippen LogP contribution in [0.4, 0.5) is 5.69 Å². The molecule has 3 N–H and O–H groups in total.